The van der Waals surface area contributed by atoms with Crippen molar-refractivity contribution in [1.29, 1.82) is 0 Å². The van der Waals surface area contributed by atoms with E-state index in [-0.39, 0.29) is 18.3 Å². The van der Waals surface area contributed by atoms with Crippen LogP contribution in [0, 0.1) is 0 Å². The van der Waals surface area contributed by atoms with Crippen molar-refractivity contribution >= 4 is 18.3 Å². The van der Waals surface area contributed by atoms with Crippen molar-refractivity contribution in [1.82, 2.24) is 0 Å². The first-order valence-electron chi connectivity index (χ1n) is 7.64. The highest BCUT2D eigenvalue weighted by Gasteiger charge is 2.45. The molecule has 3 nitrogen and oxygen atoms in total. The summed E-state index contributed by atoms with van der Waals surface area (Å²) in [6.07, 6.45) is 3.12. The van der Waals surface area contributed by atoms with E-state index in [0.29, 0.717) is 0 Å². The average molecular weight is 285 g/mol. The van der Waals surface area contributed by atoms with Crippen LogP contribution in [0.1, 0.15) is 39.7 Å². The molecule has 2 heterocycles. The SMILES string of the molecule is CN1CC=C(B2OC(C)(C)CC(C)(C)O2)c2ccccc21. The van der Waals surface area contributed by atoms with Crippen molar-refractivity contribution in [3.8, 4) is 0 Å². The zero-order valence-corrected chi connectivity index (χ0v) is 13.6. The first kappa shape index (κ1) is 14.7. The number of fused-ring (bicyclic) bond motifs is 1. The van der Waals surface area contributed by atoms with Gasteiger partial charge in [0, 0.05) is 25.7 Å². The molecule has 0 amide bonds. The summed E-state index contributed by atoms with van der Waals surface area (Å²) in [6, 6.07) is 8.46. The molecule has 0 N–H and O–H groups in total. The van der Waals surface area contributed by atoms with Crippen LogP contribution in [0.15, 0.2) is 30.3 Å². The van der Waals surface area contributed by atoms with Crippen LogP contribution in [0.3, 0.4) is 0 Å². The Morgan fingerprint density at radius 2 is 1.67 bits per heavy atom. The Balaban J connectivity index is 1.97. The van der Waals surface area contributed by atoms with Crippen LogP contribution in [0.5, 0.6) is 0 Å². The first-order chi connectivity index (χ1) is 9.77. The smallest absolute Gasteiger partial charge is 0.402 e. The number of hydrogen-bond donors (Lipinski definition) is 0. The molecule has 3 rings (SSSR count). The van der Waals surface area contributed by atoms with Gasteiger partial charge < -0.3 is 14.2 Å². The van der Waals surface area contributed by atoms with Gasteiger partial charge in [-0.15, -0.1) is 0 Å². The molecule has 0 spiro atoms. The van der Waals surface area contributed by atoms with Gasteiger partial charge in [0.15, 0.2) is 0 Å². The molecule has 2 aliphatic rings. The fraction of sp³-hybridized carbons (Fsp3) is 0.529. The number of benzene rings is 1. The third-order valence-electron chi connectivity index (χ3n) is 4.17. The fourth-order valence-corrected chi connectivity index (χ4v) is 3.56. The van der Waals surface area contributed by atoms with Gasteiger partial charge in [-0.05, 0) is 44.8 Å². The van der Waals surface area contributed by atoms with Crippen molar-refractivity contribution in [2.75, 3.05) is 18.5 Å². The van der Waals surface area contributed by atoms with Gasteiger partial charge in [0.2, 0.25) is 0 Å². The predicted octanol–water partition coefficient (Wildman–Crippen LogP) is 3.54. The Morgan fingerprint density at radius 1 is 1.05 bits per heavy atom. The summed E-state index contributed by atoms with van der Waals surface area (Å²) >= 11 is 0. The topological polar surface area (TPSA) is 21.7 Å². The van der Waals surface area contributed by atoms with E-state index in [1.807, 2.05) is 0 Å². The van der Waals surface area contributed by atoms with Crippen LogP contribution >= 0.6 is 0 Å². The fourth-order valence-electron chi connectivity index (χ4n) is 3.56. The summed E-state index contributed by atoms with van der Waals surface area (Å²) in [4.78, 5) is 2.25. The molecule has 0 bridgehead atoms. The van der Waals surface area contributed by atoms with E-state index in [9.17, 15) is 0 Å². The van der Waals surface area contributed by atoms with Gasteiger partial charge in [-0.2, -0.15) is 0 Å². The molecule has 0 unspecified atom stereocenters. The lowest BCUT2D eigenvalue weighted by Gasteiger charge is -2.45. The maximum absolute atomic E-state index is 6.23. The lowest BCUT2D eigenvalue weighted by Crippen LogP contribution is -2.52. The highest BCUT2D eigenvalue weighted by molar-refractivity contribution is 6.69. The Kier molecular flexibility index (Phi) is 3.42. The van der Waals surface area contributed by atoms with E-state index < -0.39 is 0 Å². The molecule has 0 saturated carbocycles. The van der Waals surface area contributed by atoms with Crippen molar-refractivity contribution in [3.05, 3.63) is 35.9 Å². The van der Waals surface area contributed by atoms with Crippen LogP contribution in [0.4, 0.5) is 5.69 Å². The summed E-state index contributed by atoms with van der Waals surface area (Å²) in [7, 11) is 1.82. The molecule has 0 atom stereocenters. The molecule has 1 aromatic rings. The van der Waals surface area contributed by atoms with Crippen LogP contribution in [-0.2, 0) is 9.31 Å². The van der Waals surface area contributed by atoms with Crippen LogP contribution in [-0.4, -0.2) is 31.9 Å². The molecule has 112 valence electrons. The Labute approximate surface area is 128 Å². The van der Waals surface area contributed by atoms with Gasteiger partial charge in [0.1, 0.15) is 0 Å². The van der Waals surface area contributed by atoms with E-state index in [1.54, 1.807) is 0 Å². The number of rotatable bonds is 1. The number of likely N-dealkylation sites (N-methyl/N-ethyl adjacent to an activating group) is 1. The summed E-state index contributed by atoms with van der Waals surface area (Å²) in [5.74, 6) is 0. The first-order valence-corrected chi connectivity index (χ1v) is 7.64. The normalized spacial score (nSPS) is 23.6. The van der Waals surface area contributed by atoms with Crippen molar-refractivity contribution in [2.45, 2.75) is 45.3 Å². The summed E-state index contributed by atoms with van der Waals surface area (Å²) in [5.41, 5.74) is 3.26. The predicted molar refractivity (Wildman–Crippen MR) is 88.4 cm³/mol. The van der Waals surface area contributed by atoms with Gasteiger partial charge in [0.25, 0.3) is 0 Å². The molecule has 0 aromatic heterocycles. The molecule has 21 heavy (non-hydrogen) atoms. The Hall–Kier alpha value is -1.26. The summed E-state index contributed by atoms with van der Waals surface area (Å²) in [5, 5.41) is 0. The second kappa shape index (κ2) is 4.89. The second-order valence-electron chi connectivity index (χ2n) is 7.32. The molecule has 1 aromatic carbocycles. The monoisotopic (exact) mass is 285 g/mol. The van der Waals surface area contributed by atoms with Crippen molar-refractivity contribution < 1.29 is 9.31 Å². The summed E-state index contributed by atoms with van der Waals surface area (Å²) in [6.45, 7) is 9.46. The highest BCUT2D eigenvalue weighted by atomic mass is 16.6. The molecule has 1 saturated heterocycles. The maximum atomic E-state index is 6.23. The molecule has 0 radical (unpaired) electrons. The minimum absolute atomic E-state index is 0.175. The molecular formula is C17H24BNO2. The average Bonchev–Trinajstić information content (AvgIpc) is 2.35. The van der Waals surface area contributed by atoms with Crippen LogP contribution in [0.25, 0.3) is 5.47 Å². The quantitative estimate of drug-likeness (QED) is 0.737. The van der Waals surface area contributed by atoms with Gasteiger partial charge >= 0.3 is 7.12 Å². The van der Waals surface area contributed by atoms with Crippen LogP contribution in [0.2, 0.25) is 0 Å². The van der Waals surface area contributed by atoms with E-state index in [4.69, 9.17) is 9.31 Å². The van der Waals surface area contributed by atoms with Crippen molar-refractivity contribution in [3.63, 3.8) is 0 Å². The van der Waals surface area contributed by atoms with E-state index >= 15 is 0 Å². The largest absolute Gasteiger partial charge is 0.495 e. The maximum Gasteiger partial charge on any atom is 0.495 e. The Morgan fingerprint density at radius 3 is 2.33 bits per heavy atom. The summed E-state index contributed by atoms with van der Waals surface area (Å²) < 4.78 is 12.5. The standard InChI is InChI=1S/C17H24BNO2/c1-16(2)12-17(3,4)21-18(20-16)14-10-11-19(5)15-9-7-6-8-13(14)15/h6-10H,11-12H2,1-5H3. The van der Waals surface area contributed by atoms with Gasteiger partial charge in [-0.25, -0.2) is 0 Å². The van der Waals surface area contributed by atoms with Gasteiger partial charge in [-0.1, -0.05) is 24.3 Å². The Bertz CT molecular complexity index is 564. The molecule has 1 fully saturated rings. The zero-order valence-electron chi connectivity index (χ0n) is 13.6. The second-order valence-corrected chi connectivity index (χ2v) is 7.32. The molecule has 0 aliphatic carbocycles. The van der Waals surface area contributed by atoms with Gasteiger partial charge in [-0.3, -0.25) is 0 Å². The number of anilines is 1. The lowest BCUT2D eigenvalue weighted by atomic mass is 9.68. The minimum Gasteiger partial charge on any atom is -0.402 e. The number of hydrogen-bond acceptors (Lipinski definition) is 3. The molecule has 2 aliphatic heterocycles. The van der Waals surface area contributed by atoms with E-state index in [0.717, 1.165) is 18.4 Å². The minimum atomic E-state index is -0.293. The number of para-hydroxylation sites is 1. The highest BCUT2D eigenvalue weighted by Crippen LogP contribution is 2.40. The molecular weight excluding hydrogens is 261 g/mol. The van der Waals surface area contributed by atoms with E-state index in [2.05, 4.69) is 70.0 Å². The van der Waals surface area contributed by atoms with Crippen molar-refractivity contribution in [2.24, 2.45) is 0 Å². The zero-order chi connectivity index (χ0) is 15.3. The molecule has 4 heteroatoms. The number of nitrogens with zero attached hydrogens (tertiary/aromatic N) is 1. The van der Waals surface area contributed by atoms with Gasteiger partial charge in [0.05, 0.1) is 11.2 Å². The van der Waals surface area contributed by atoms with E-state index in [1.165, 1.54) is 11.3 Å². The third kappa shape index (κ3) is 2.88. The lowest BCUT2D eigenvalue weighted by molar-refractivity contribution is -0.0711. The third-order valence-corrected chi connectivity index (χ3v) is 4.17. The van der Waals surface area contributed by atoms with Crippen LogP contribution < -0.4 is 4.90 Å².